The SMILES string of the molecule is COCCn1c(-c2ccc3c(c2)c2ccccc2n3CCOC)nc2cc(OC(=O)O)ccc21. The maximum absolute atomic E-state index is 11.0. The summed E-state index contributed by atoms with van der Waals surface area (Å²) < 4.78 is 19.9. The molecule has 0 unspecified atom stereocenters. The van der Waals surface area contributed by atoms with Crippen molar-refractivity contribution in [3.05, 3.63) is 60.7 Å². The summed E-state index contributed by atoms with van der Waals surface area (Å²) in [5.41, 5.74) is 4.81. The number of fused-ring (bicyclic) bond motifs is 4. The van der Waals surface area contributed by atoms with Gasteiger partial charge >= 0.3 is 6.16 Å². The molecule has 5 aromatic rings. The van der Waals surface area contributed by atoms with E-state index >= 15 is 0 Å². The fourth-order valence-corrected chi connectivity index (χ4v) is 4.52. The molecule has 0 saturated heterocycles. The van der Waals surface area contributed by atoms with Gasteiger partial charge in [-0.25, -0.2) is 9.78 Å². The minimum absolute atomic E-state index is 0.236. The molecule has 34 heavy (non-hydrogen) atoms. The first-order valence-electron chi connectivity index (χ1n) is 11.0. The van der Waals surface area contributed by atoms with Crippen LogP contribution in [0.2, 0.25) is 0 Å². The number of methoxy groups -OCH3 is 2. The number of carboxylic acid groups (broad SMARTS) is 1. The Kier molecular flexibility index (Phi) is 5.91. The summed E-state index contributed by atoms with van der Waals surface area (Å²) in [7, 11) is 3.38. The van der Waals surface area contributed by atoms with E-state index in [1.54, 1.807) is 26.4 Å². The van der Waals surface area contributed by atoms with Crippen LogP contribution in [-0.2, 0) is 22.6 Å². The lowest BCUT2D eigenvalue weighted by Crippen LogP contribution is -2.06. The molecule has 0 fully saturated rings. The molecular formula is C26H25N3O5. The topological polar surface area (TPSA) is 87.7 Å². The molecule has 0 bridgehead atoms. The van der Waals surface area contributed by atoms with Gasteiger partial charge in [0.2, 0.25) is 0 Å². The van der Waals surface area contributed by atoms with Gasteiger partial charge in [-0.1, -0.05) is 18.2 Å². The maximum atomic E-state index is 11.0. The van der Waals surface area contributed by atoms with Gasteiger partial charge in [-0.05, 0) is 36.4 Å². The molecule has 0 aliphatic heterocycles. The summed E-state index contributed by atoms with van der Waals surface area (Å²) >= 11 is 0. The average Bonchev–Trinajstić information content (AvgIpc) is 3.35. The fraction of sp³-hybridized carbons (Fsp3) is 0.231. The summed E-state index contributed by atoms with van der Waals surface area (Å²) in [6.45, 7) is 2.52. The van der Waals surface area contributed by atoms with E-state index in [0.29, 0.717) is 25.3 Å². The Morgan fingerprint density at radius 3 is 2.32 bits per heavy atom. The molecule has 0 atom stereocenters. The summed E-state index contributed by atoms with van der Waals surface area (Å²) in [4.78, 5) is 15.8. The standard InChI is InChI=1S/C26H25N3O5/c1-32-13-11-28-22-6-4-3-5-19(22)20-15-17(7-9-23(20)28)25-27-21-16-18(34-26(30)31)8-10-24(21)29(25)12-14-33-2/h3-10,15-16H,11-14H2,1-2H3,(H,30,31). The normalized spacial score (nSPS) is 11.6. The van der Waals surface area contributed by atoms with Gasteiger partial charge < -0.3 is 28.5 Å². The van der Waals surface area contributed by atoms with E-state index < -0.39 is 6.16 Å². The molecule has 8 nitrogen and oxygen atoms in total. The quantitative estimate of drug-likeness (QED) is 0.255. The van der Waals surface area contributed by atoms with Crippen molar-refractivity contribution in [3.63, 3.8) is 0 Å². The number of nitrogens with zero attached hydrogens (tertiary/aromatic N) is 3. The van der Waals surface area contributed by atoms with Crippen LogP contribution >= 0.6 is 0 Å². The van der Waals surface area contributed by atoms with Crippen molar-refractivity contribution >= 4 is 39.0 Å². The number of rotatable bonds is 8. The van der Waals surface area contributed by atoms with Gasteiger partial charge in [0.25, 0.3) is 0 Å². The third kappa shape index (κ3) is 3.87. The molecule has 174 valence electrons. The molecule has 0 aliphatic carbocycles. The monoisotopic (exact) mass is 459 g/mol. The number of imidazole rings is 1. The largest absolute Gasteiger partial charge is 0.511 e. The molecule has 3 aromatic carbocycles. The summed E-state index contributed by atoms with van der Waals surface area (Å²) in [6.07, 6.45) is -1.35. The van der Waals surface area contributed by atoms with E-state index in [9.17, 15) is 4.79 Å². The summed E-state index contributed by atoms with van der Waals surface area (Å²) in [5, 5.41) is 11.3. The van der Waals surface area contributed by atoms with Gasteiger partial charge in [0, 0.05) is 60.7 Å². The van der Waals surface area contributed by atoms with Crippen LogP contribution < -0.4 is 4.74 Å². The van der Waals surface area contributed by atoms with E-state index in [1.165, 1.54) is 5.39 Å². The number of aromatic nitrogens is 3. The van der Waals surface area contributed by atoms with Gasteiger partial charge in [-0.3, -0.25) is 0 Å². The molecule has 0 aliphatic rings. The highest BCUT2D eigenvalue weighted by Gasteiger charge is 2.17. The van der Waals surface area contributed by atoms with Crippen molar-refractivity contribution < 1.29 is 24.1 Å². The minimum Gasteiger partial charge on any atom is -0.449 e. The molecule has 0 radical (unpaired) electrons. The van der Waals surface area contributed by atoms with Crippen LogP contribution in [0.5, 0.6) is 5.75 Å². The first-order valence-corrected chi connectivity index (χ1v) is 11.0. The highest BCUT2D eigenvalue weighted by atomic mass is 16.7. The first kappa shape index (κ1) is 21.9. The second-order valence-electron chi connectivity index (χ2n) is 7.99. The molecule has 2 aromatic heterocycles. The van der Waals surface area contributed by atoms with E-state index in [-0.39, 0.29) is 5.75 Å². The fourth-order valence-electron chi connectivity index (χ4n) is 4.52. The Morgan fingerprint density at radius 1 is 0.853 bits per heavy atom. The van der Waals surface area contributed by atoms with Gasteiger partial charge in [-0.2, -0.15) is 0 Å². The van der Waals surface area contributed by atoms with Crippen LogP contribution in [0.4, 0.5) is 4.79 Å². The van der Waals surface area contributed by atoms with Crippen molar-refractivity contribution in [1.82, 2.24) is 14.1 Å². The zero-order valence-electron chi connectivity index (χ0n) is 19.0. The molecule has 0 amide bonds. The maximum Gasteiger partial charge on any atom is 0.511 e. The smallest absolute Gasteiger partial charge is 0.449 e. The molecule has 0 saturated carbocycles. The molecule has 0 spiro atoms. The Hall–Kier alpha value is -3.88. The van der Waals surface area contributed by atoms with Crippen LogP contribution in [0.25, 0.3) is 44.2 Å². The number of benzene rings is 3. The summed E-state index contributed by atoms with van der Waals surface area (Å²) in [6, 6.07) is 19.8. The van der Waals surface area contributed by atoms with E-state index in [1.807, 2.05) is 18.2 Å². The predicted octanol–water partition coefficient (Wildman–Crippen LogP) is 5.16. The number of hydrogen-bond donors (Lipinski definition) is 1. The molecule has 8 heteroatoms. The lowest BCUT2D eigenvalue weighted by atomic mass is 10.1. The van der Waals surface area contributed by atoms with E-state index in [0.717, 1.165) is 39.9 Å². The third-order valence-corrected chi connectivity index (χ3v) is 5.99. The third-order valence-electron chi connectivity index (χ3n) is 5.99. The minimum atomic E-state index is -1.35. The average molecular weight is 460 g/mol. The molecule has 2 heterocycles. The van der Waals surface area contributed by atoms with Gasteiger partial charge in [0.15, 0.2) is 0 Å². The van der Waals surface area contributed by atoms with Crippen LogP contribution in [0.3, 0.4) is 0 Å². The van der Waals surface area contributed by atoms with Crippen LogP contribution in [-0.4, -0.2) is 52.8 Å². The van der Waals surface area contributed by atoms with Crippen molar-refractivity contribution in [2.45, 2.75) is 13.1 Å². The number of ether oxygens (including phenoxy) is 3. The highest BCUT2D eigenvalue weighted by Crippen LogP contribution is 2.34. The van der Waals surface area contributed by atoms with Crippen LogP contribution in [0, 0.1) is 0 Å². The van der Waals surface area contributed by atoms with E-state index in [4.69, 9.17) is 24.3 Å². The first-order chi connectivity index (χ1) is 16.6. The van der Waals surface area contributed by atoms with Gasteiger partial charge in [0.1, 0.15) is 11.6 Å². The zero-order chi connectivity index (χ0) is 23.7. The molecule has 1 N–H and O–H groups in total. The molecule has 5 rings (SSSR count). The van der Waals surface area contributed by atoms with Gasteiger partial charge in [-0.15, -0.1) is 0 Å². The van der Waals surface area contributed by atoms with Gasteiger partial charge in [0.05, 0.1) is 24.2 Å². The van der Waals surface area contributed by atoms with Crippen molar-refractivity contribution in [2.24, 2.45) is 0 Å². The Bertz CT molecular complexity index is 1500. The van der Waals surface area contributed by atoms with E-state index in [2.05, 4.69) is 39.5 Å². The number of hydrogen-bond acceptors (Lipinski definition) is 5. The predicted molar refractivity (Wildman–Crippen MR) is 131 cm³/mol. The lowest BCUT2D eigenvalue weighted by Gasteiger charge is -2.10. The Balaban J connectivity index is 1.68. The van der Waals surface area contributed by atoms with Crippen LogP contribution in [0.1, 0.15) is 0 Å². The van der Waals surface area contributed by atoms with Crippen molar-refractivity contribution in [3.8, 4) is 17.1 Å². The number of para-hydroxylation sites is 1. The molecular weight excluding hydrogens is 434 g/mol. The lowest BCUT2D eigenvalue weighted by molar-refractivity contribution is 0.144. The second kappa shape index (κ2) is 9.17. The zero-order valence-corrected chi connectivity index (χ0v) is 19.0. The van der Waals surface area contributed by atoms with Crippen molar-refractivity contribution in [2.75, 3.05) is 27.4 Å². The second-order valence-corrected chi connectivity index (χ2v) is 7.99. The van der Waals surface area contributed by atoms with Crippen molar-refractivity contribution in [1.29, 1.82) is 0 Å². The summed E-state index contributed by atoms with van der Waals surface area (Å²) in [5.74, 6) is 1.02. The highest BCUT2D eigenvalue weighted by molar-refractivity contribution is 6.09. The van der Waals surface area contributed by atoms with Crippen LogP contribution in [0.15, 0.2) is 60.7 Å². The Labute approximate surface area is 195 Å². The Morgan fingerprint density at radius 2 is 1.56 bits per heavy atom. The number of carbonyl (C=O) groups is 1.